The van der Waals surface area contributed by atoms with E-state index in [1.165, 1.54) is 11.3 Å². The molecule has 1 unspecified atom stereocenters. The highest BCUT2D eigenvalue weighted by Crippen LogP contribution is 2.34. The number of imidazole rings is 1. The van der Waals surface area contributed by atoms with Gasteiger partial charge in [0.15, 0.2) is 0 Å². The molecule has 1 saturated heterocycles. The van der Waals surface area contributed by atoms with Crippen molar-refractivity contribution in [3.63, 3.8) is 0 Å². The molecule has 2 aromatic carbocycles. The minimum Gasteiger partial charge on any atom is -0.448 e. The fourth-order valence-corrected chi connectivity index (χ4v) is 6.61. The molecule has 5 rings (SSSR count). The van der Waals surface area contributed by atoms with Crippen molar-refractivity contribution in [3.05, 3.63) is 75.5 Å². The van der Waals surface area contributed by atoms with E-state index in [1.807, 2.05) is 74.6 Å². The summed E-state index contributed by atoms with van der Waals surface area (Å²) >= 11 is 1.37. The van der Waals surface area contributed by atoms with Gasteiger partial charge in [0.1, 0.15) is 10.8 Å². The Morgan fingerprint density at radius 2 is 1.77 bits per heavy atom. The maximum absolute atomic E-state index is 14.0. The van der Waals surface area contributed by atoms with Crippen LogP contribution < -0.4 is 10.2 Å². The number of fused-ring (bicyclic) bond motifs is 1. The first-order chi connectivity index (χ1) is 22.4. The minimum absolute atomic E-state index is 0.0225. The lowest BCUT2D eigenvalue weighted by molar-refractivity contribution is -0.178. The molecule has 13 heteroatoms. The summed E-state index contributed by atoms with van der Waals surface area (Å²) in [7, 11) is 3.87. The largest absolute Gasteiger partial charge is 0.448 e. The predicted molar refractivity (Wildman–Crippen MR) is 178 cm³/mol. The van der Waals surface area contributed by atoms with Crippen LogP contribution in [0.3, 0.4) is 0 Å². The molecule has 0 radical (unpaired) electrons. The van der Waals surface area contributed by atoms with Crippen molar-refractivity contribution in [2.24, 2.45) is 0 Å². The summed E-state index contributed by atoms with van der Waals surface area (Å²) in [6, 6.07) is 13.7. The van der Waals surface area contributed by atoms with Crippen molar-refractivity contribution < 1.29 is 28.7 Å². The first-order valence-electron chi connectivity index (χ1n) is 15.5. The van der Waals surface area contributed by atoms with Crippen molar-refractivity contribution >= 4 is 51.8 Å². The third-order valence-electron chi connectivity index (χ3n) is 8.10. The summed E-state index contributed by atoms with van der Waals surface area (Å²) < 4.78 is 12.9. The van der Waals surface area contributed by atoms with E-state index < -0.39 is 36.0 Å². The van der Waals surface area contributed by atoms with Crippen LogP contribution >= 0.6 is 11.3 Å². The van der Waals surface area contributed by atoms with E-state index in [0.29, 0.717) is 24.5 Å². The van der Waals surface area contributed by atoms with Crippen LogP contribution in [0.4, 0.5) is 5.69 Å². The number of hydrogen-bond donors (Lipinski definition) is 1. The quantitative estimate of drug-likeness (QED) is 0.236. The first kappa shape index (κ1) is 33.6. The van der Waals surface area contributed by atoms with Gasteiger partial charge in [0.2, 0.25) is 12.2 Å². The molecule has 0 saturated carbocycles. The Kier molecular flexibility index (Phi) is 10.2. The number of aromatic nitrogens is 3. The molecular weight excluding hydrogens is 620 g/mol. The van der Waals surface area contributed by atoms with E-state index >= 15 is 0 Å². The molecule has 1 fully saturated rings. The SMILES string of the molecule is CC(=O)O[C@@H](C(=O)NCc1nc(Cn2c(C)nc3ccc(C)cc32)cs1)[C@@H](OC(C)=O)C(=O)N1CCCC1c1cccc(N(C)C)c1. The molecule has 1 aliphatic rings. The molecular formula is C34H40N6O6S. The van der Waals surface area contributed by atoms with Gasteiger partial charge in [-0.3, -0.25) is 19.2 Å². The second-order valence-corrected chi connectivity index (χ2v) is 12.9. The Labute approximate surface area is 277 Å². The fraction of sp³-hybridized carbons (Fsp3) is 0.412. The predicted octanol–water partition coefficient (Wildman–Crippen LogP) is 4.07. The van der Waals surface area contributed by atoms with Gasteiger partial charge < -0.3 is 29.2 Å². The number of hydrogen-bond acceptors (Lipinski definition) is 10. The summed E-state index contributed by atoms with van der Waals surface area (Å²) in [6.45, 7) is 7.19. The van der Waals surface area contributed by atoms with E-state index in [-0.39, 0.29) is 12.6 Å². The second kappa shape index (κ2) is 14.3. The molecule has 248 valence electrons. The average Bonchev–Trinajstić information content (AvgIpc) is 3.77. The lowest BCUT2D eigenvalue weighted by Gasteiger charge is -2.32. The van der Waals surface area contributed by atoms with Crippen LogP contribution in [0, 0.1) is 13.8 Å². The number of nitrogens with one attached hydrogen (secondary N) is 1. The van der Waals surface area contributed by atoms with Gasteiger partial charge in [-0.1, -0.05) is 18.2 Å². The summed E-state index contributed by atoms with van der Waals surface area (Å²) in [6.07, 6.45) is -1.94. The minimum atomic E-state index is -1.69. The molecule has 1 N–H and O–H groups in total. The first-order valence-corrected chi connectivity index (χ1v) is 16.4. The molecule has 1 aliphatic heterocycles. The lowest BCUT2D eigenvalue weighted by atomic mass is 10.0. The highest BCUT2D eigenvalue weighted by molar-refractivity contribution is 7.09. The molecule has 47 heavy (non-hydrogen) atoms. The topological polar surface area (TPSA) is 136 Å². The summed E-state index contributed by atoms with van der Waals surface area (Å²) in [5, 5.41) is 5.26. The molecule has 4 aromatic rings. The van der Waals surface area contributed by atoms with E-state index in [0.717, 1.165) is 59.6 Å². The van der Waals surface area contributed by atoms with Crippen LogP contribution in [0.1, 0.15) is 60.4 Å². The number of carbonyl (C=O) groups excluding carboxylic acids is 4. The number of esters is 2. The van der Waals surface area contributed by atoms with Crippen LogP contribution in [0.25, 0.3) is 11.0 Å². The highest BCUT2D eigenvalue weighted by atomic mass is 32.1. The van der Waals surface area contributed by atoms with Crippen LogP contribution in [0.5, 0.6) is 0 Å². The van der Waals surface area contributed by atoms with Gasteiger partial charge in [-0.05, 0) is 62.1 Å². The van der Waals surface area contributed by atoms with Gasteiger partial charge in [0.05, 0.1) is 35.9 Å². The maximum atomic E-state index is 14.0. The van der Waals surface area contributed by atoms with E-state index in [1.54, 1.807) is 4.90 Å². The number of thiazole rings is 1. The summed E-state index contributed by atoms with van der Waals surface area (Å²) in [5.41, 5.74) is 5.75. The van der Waals surface area contributed by atoms with Gasteiger partial charge in [0, 0.05) is 45.6 Å². The number of anilines is 1. The number of rotatable bonds is 11. The molecule has 3 atom stereocenters. The van der Waals surface area contributed by atoms with Crippen LogP contribution in [-0.2, 0) is 41.7 Å². The zero-order valence-corrected chi connectivity index (χ0v) is 28.3. The number of amides is 2. The number of benzene rings is 2. The van der Waals surface area contributed by atoms with E-state index in [9.17, 15) is 19.2 Å². The number of aryl methyl sites for hydroxylation is 2. The summed E-state index contributed by atoms with van der Waals surface area (Å²) in [4.78, 5) is 64.9. The zero-order valence-electron chi connectivity index (χ0n) is 27.5. The van der Waals surface area contributed by atoms with Crippen molar-refractivity contribution in [1.29, 1.82) is 0 Å². The second-order valence-electron chi connectivity index (χ2n) is 11.9. The Morgan fingerprint density at radius 1 is 1.02 bits per heavy atom. The van der Waals surface area contributed by atoms with E-state index in [4.69, 9.17) is 9.47 Å². The normalized spacial score (nSPS) is 15.7. The molecule has 2 amide bonds. The van der Waals surface area contributed by atoms with Gasteiger partial charge in [0.25, 0.3) is 11.8 Å². The smallest absolute Gasteiger partial charge is 0.303 e. The molecule has 0 aliphatic carbocycles. The fourth-order valence-electron chi connectivity index (χ4n) is 5.88. The molecule has 12 nitrogen and oxygen atoms in total. The van der Waals surface area contributed by atoms with Crippen molar-refractivity contribution in [2.75, 3.05) is 25.5 Å². The Bertz CT molecular complexity index is 1800. The lowest BCUT2D eigenvalue weighted by Crippen LogP contribution is -2.53. The number of carbonyl (C=O) groups is 4. The van der Waals surface area contributed by atoms with Crippen molar-refractivity contribution in [3.8, 4) is 0 Å². The Morgan fingerprint density at radius 3 is 2.49 bits per heavy atom. The Hall–Kier alpha value is -4.78. The van der Waals surface area contributed by atoms with Gasteiger partial charge in [-0.15, -0.1) is 11.3 Å². The van der Waals surface area contributed by atoms with Gasteiger partial charge >= 0.3 is 11.9 Å². The van der Waals surface area contributed by atoms with E-state index in [2.05, 4.69) is 25.9 Å². The van der Waals surface area contributed by atoms with Gasteiger partial charge in [-0.2, -0.15) is 0 Å². The molecule has 3 heterocycles. The van der Waals surface area contributed by atoms with Gasteiger partial charge in [-0.25, -0.2) is 9.97 Å². The monoisotopic (exact) mass is 660 g/mol. The Balaban J connectivity index is 1.32. The maximum Gasteiger partial charge on any atom is 0.303 e. The molecule has 0 bridgehead atoms. The van der Waals surface area contributed by atoms with Crippen molar-refractivity contribution in [1.82, 2.24) is 24.8 Å². The molecule has 0 spiro atoms. The third-order valence-corrected chi connectivity index (χ3v) is 9.00. The van der Waals surface area contributed by atoms with Crippen molar-refractivity contribution in [2.45, 2.75) is 71.9 Å². The zero-order chi connectivity index (χ0) is 33.8. The third kappa shape index (κ3) is 7.79. The van der Waals surface area contributed by atoms with Crippen LogP contribution in [-0.4, -0.2) is 76.0 Å². The molecule has 2 aromatic heterocycles. The standard InChI is InChI=1S/C34H40N6O6S/c1-20-12-13-27-29(15-20)40(21(2)36-27)18-25-19-47-30(37-25)17-35-33(43)31(45-22(3)41)32(46-23(4)42)34(44)39-14-8-11-28(39)24-9-7-10-26(16-24)38(5)6/h7,9-10,12-13,15-16,19,28,31-32H,8,11,14,17-18H2,1-6H3,(H,35,43)/t28?,31-,32-/m1/s1. The van der Waals surface area contributed by atoms with Crippen LogP contribution in [0.2, 0.25) is 0 Å². The van der Waals surface area contributed by atoms with Crippen LogP contribution in [0.15, 0.2) is 47.8 Å². The number of likely N-dealkylation sites (tertiary alicyclic amines) is 1. The highest BCUT2D eigenvalue weighted by Gasteiger charge is 2.44. The number of nitrogens with zero attached hydrogens (tertiary/aromatic N) is 5. The summed E-state index contributed by atoms with van der Waals surface area (Å²) in [5.74, 6) is -2.07. The average molecular weight is 661 g/mol. The number of ether oxygens (including phenoxy) is 2.